The third kappa shape index (κ3) is 76.0. The number of rotatable bonds is 74. The summed E-state index contributed by atoms with van der Waals surface area (Å²) in [6.07, 6.45) is 105. The first-order valence-corrected chi connectivity index (χ1v) is 40.7. The molecule has 0 radical (unpaired) electrons. The molecular weight excluding hydrogens is 1160 g/mol. The molecule has 0 spiro atoms. The molecule has 0 aromatic rings. The predicted octanol–water partition coefficient (Wildman–Crippen LogP) is 26.3. The Kier molecular flexibility index (Phi) is 74.4. The average molecular weight is 1310 g/mol. The molecule has 2 atom stereocenters. The molecule has 0 rings (SSSR count). The third-order valence-electron chi connectivity index (χ3n) is 17.2. The normalized spacial score (nSPS) is 13.4. The minimum atomic E-state index is -4.40. The molecule has 9 nitrogen and oxygen atoms in total. The smallest absolute Gasteiger partial charge is 0.462 e. The quantitative estimate of drug-likeness (QED) is 0.0264. The first-order valence-electron chi connectivity index (χ1n) is 39.2. The summed E-state index contributed by atoms with van der Waals surface area (Å²) < 4.78 is 33.2. The number of phosphoric acid groups is 1. The Balaban J connectivity index is 3.83. The Morgan fingerprint density at radius 3 is 0.891 bits per heavy atom. The maximum Gasteiger partial charge on any atom is 0.472 e. The lowest BCUT2D eigenvalue weighted by Crippen LogP contribution is -2.29. The molecule has 92 heavy (non-hydrogen) atoms. The Morgan fingerprint density at radius 1 is 0.337 bits per heavy atom. The molecule has 0 heterocycles. The van der Waals surface area contributed by atoms with Gasteiger partial charge in [0, 0.05) is 19.4 Å². The number of phosphoric ester groups is 1. The maximum absolute atomic E-state index is 12.8. The number of ether oxygens (including phenoxy) is 2. The minimum Gasteiger partial charge on any atom is -0.462 e. The molecule has 2 unspecified atom stereocenters. The topological polar surface area (TPSA) is 134 Å². The highest BCUT2D eigenvalue weighted by Crippen LogP contribution is 2.43. The van der Waals surface area contributed by atoms with E-state index in [4.69, 9.17) is 24.3 Å². The number of esters is 2. The van der Waals surface area contributed by atoms with Gasteiger partial charge in [-0.25, -0.2) is 4.57 Å². The zero-order valence-electron chi connectivity index (χ0n) is 60.3. The van der Waals surface area contributed by atoms with Crippen LogP contribution in [-0.2, 0) is 32.7 Å². The second-order valence-electron chi connectivity index (χ2n) is 26.2. The molecule has 0 saturated heterocycles. The number of hydrogen-bond donors (Lipinski definition) is 2. The molecule has 3 N–H and O–H groups in total. The second kappa shape index (κ2) is 76.9. The van der Waals surface area contributed by atoms with E-state index in [9.17, 15) is 19.0 Å². The highest BCUT2D eigenvalue weighted by Gasteiger charge is 2.26. The van der Waals surface area contributed by atoms with E-state index >= 15 is 0 Å². The standard InChI is InChI=1S/C82H148NO8P/c1-3-5-7-9-11-13-15-17-19-21-23-25-27-29-31-33-35-37-38-39-40-41-43-44-46-48-50-52-54-56-58-60-62-64-66-68-70-72-74-81(84)88-78-80(79-90-92(86,87)89-77-76-83)91-82(85)75-73-71-69-67-65-63-61-59-57-55-53-51-49-47-45-42-36-34-32-30-28-26-24-22-20-18-16-14-12-10-8-6-4-2/h6,8,12,14,18,20,24,26,30,32,36,42,47,49,53,55,80H,3-5,7,9-11,13,15-17,19,21-23,25,27-29,31,33-35,37-41,43-46,48,50-52,54,56-79,83H2,1-2H3,(H,86,87)/b8-6-,14-12-,20-18-,26-24-,32-30-,42-36-,49-47-,55-53-. The third-order valence-corrected chi connectivity index (χ3v) is 18.2. The maximum atomic E-state index is 12.8. The summed E-state index contributed by atoms with van der Waals surface area (Å²) in [6.45, 7) is 3.67. The SMILES string of the molecule is CC/C=C\C/C=C\C/C=C\C/C=C\C/C=C\C/C=C\C/C=C\C/C=C\CCCCCCCCCCC(=O)OC(COC(=O)CCCCCCCCCCCCCCCCCCCCCCCCCCCCCCCCCCCCCCCC)COP(=O)(O)OCCN. The van der Waals surface area contributed by atoms with Gasteiger partial charge in [0.2, 0.25) is 0 Å². The number of carbonyl (C=O) groups is 2. The Morgan fingerprint density at radius 2 is 0.598 bits per heavy atom. The molecule has 0 bridgehead atoms. The van der Waals surface area contributed by atoms with E-state index in [0.29, 0.717) is 6.42 Å². The van der Waals surface area contributed by atoms with Crippen molar-refractivity contribution in [3.05, 3.63) is 97.2 Å². The van der Waals surface area contributed by atoms with Crippen LogP contribution in [0.3, 0.4) is 0 Å². The second-order valence-corrected chi connectivity index (χ2v) is 27.7. The number of unbranched alkanes of at least 4 members (excludes halogenated alkanes) is 45. The van der Waals surface area contributed by atoms with E-state index in [0.717, 1.165) is 96.3 Å². The zero-order valence-corrected chi connectivity index (χ0v) is 61.2. The predicted molar refractivity (Wildman–Crippen MR) is 399 cm³/mol. The van der Waals surface area contributed by atoms with Crippen LogP contribution < -0.4 is 5.73 Å². The monoisotopic (exact) mass is 1310 g/mol. The van der Waals surface area contributed by atoms with Crippen LogP contribution in [0, 0.1) is 0 Å². The molecule has 0 amide bonds. The van der Waals surface area contributed by atoms with Crippen LogP contribution in [0.15, 0.2) is 97.2 Å². The van der Waals surface area contributed by atoms with Gasteiger partial charge in [-0.2, -0.15) is 0 Å². The van der Waals surface area contributed by atoms with Crippen molar-refractivity contribution in [3.63, 3.8) is 0 Å². The molecule has 534 valence electrons. The van der Waals surface area contributed by atoms with Crippen LogP contribution in [-0.4, -0.2) is 49.3 Å². The van der Waals surface area contributed by atoms with Crippen molar-refractivity contribution in [3.8, 4) is 0 Å². The van der Waals surface area contributed by atoms with E-state index in [1.165, 1.54) is 250 Å². The lowest BCUT2D eigenvalue weighted by molar-refractivity contribution is -0.161. The van der Waals surface area contributed by atoms with Crippen LogP contribution in [0.5, 0.6) is 0 Å². The molecule has 10 heteroatoms. The zero-order chi connectivity index (χ0) is 66.5. The molecule has 0 saturated carbocycles. The van der Waals surface area contributed by atoms with E-state index < -0.39 is 26.5 Å². The summed E-state index contributed by atoms with van der Waals surface area (Å²) in [5.74, 6) is -0.826. The fourth-order valence-corrected chi connectivity index (χ4v) is 12.2. The highest BCUT2D eigenvalue weighted by molar-refractivity contribution is 7.47. The number of carbonyl (C=O) groups excluding carboxylic acids is 2. The van der Waals surface area contributed by atoms with E-state index in [2.05, 4.69) is 111 Å². The van der Waals surface area contributed by atoms with Crippen molar-refractivity contribution >= 4 is 19.8 Å². The van der Waals surface area contributed by atoms with Gasteiger partial charge in [0.15, 0.2) is 6.10 Å². The van der Waals surface area contributed by atoms with Crippen molar-refractivity contribution in [1.29, 1.82) is 0 Å². The Hall–Kier alpha value is -3.07. The lowest BCUT2D eigenvalue weighted by atomic mass is 10.0. The summed E-state index contributed by atoms with van der Waals surface area (Å²) in [5.41, 5.74) is 5.41. The van der Waals surface area contributed by atoms with E-state index in [1.807, 2.05) is 0 Å². The van der Waals surface area contributed by atoms with Crippen LogP contribution in [0.2, 0.25) is 0 Å². The molecule has 0 aliphatic carbocycles. The van der Waals surface area contributed by atoms with Crippen LogP contribution in [0.4, 0.5) is 0 Å². The average Bonchev–Trinajstić information content (AvgIpc) is 3.01. The fraction of sp³-hybridized carbons (Fsp3) is 0.780. The summed E-state index contributed by atoms with van der Waals surface area (Å²) in [7, 11) is -4.40. The Labute approximate surface area is 569 Å². The van der Waals surface area contributed by atoms with Crippen molar-refractivity contribution in [2.75, 3.05) is 26.4 Å². The summed E-state index contributed by atoms with van der Waals surface area (Å²) in [6, 6.07) is 0. The number of hydrogen-bond acceptors (Lipinski definition) is 8. The van der Waals surface area contributed by atoms with E-state index in [-0.39, 0.29) is 38.6 Å². The molecule has 0 aromatic heterocycles. The first-order chi connectivity index (χ1) is 45.3. The van der Waals surface area contributed by atoms with Crippen LogP contribution in [0.25, 0.3) is 0 Å². The minimum absolute atomic E-state index is 0.0492. The summed E-state index contributed by atoms with van der Waals surface area (Å²) >= 11 is 0. The van der Waals surface area contributed by atoms with Crippen molar-refractivity contribution < 1.29 is 37.6 Å². The van der Waals surface area contributed by atoms with Gasteiger partial charge in [-0.15, -0.1) is 0 Å². The van der Waals surface area contributed by atoms with Gasteiger partial charge in [-0.1, -0.05) is 387 Å². The van der Waals surface area contributed by atoms with Crippen molar-refractivity contribution in [2.24, 2.45) is 5.73 Å². The Bertz CT molecular complexity index is 1830. The molecule has 0 fully saturated rings. The van der Waals surface area contributed by atoms with Crippen LogP contribution in [0.1, 0.15) is 380 Å². The van der Waals surface area contributed by atoms with Crippen molar-refractivity contribution in [2.45, 2.75) is 386 Å². The van der Waals surface area contributed by atoms with Gasteiger partial charge in [0.05, 0.1) is 13.2 Å². The van der Waals surface area contributed by atoms with Gasteiger partial charge in [-0.05, 0) is 77.0 Å². The lowest BCUT2D eigenvalue weighted by Gasteiger charge is -2.19. The van der Waals surface area contributed by atoms with Gasteiger partial charge >= 0.3 is 19.8 Å². The fourth-order valence-electron chi connectivity index (χ4n) is 11.5. The highest BCUT2D eigenvalue weighted by atomic mass is 31.2. The number of nitrogens with two attached hydrogens (primary N) is 1. The summed E-state index contributed by atoms with van der Waals surface area (Å²) in [4.78, 5) is 35.4. The largest absolute Gasteiger partial charge is 0.472 e. The van der Waals surface area contributed by atoms with Crippen LogP contribution >= 0.6 is 7.82 Å². The molecule has 0 aromatic carbocycles. The molecular formula is C82H148NO8P. The number of allylic oxidation sites excluding steroid dienone is 16. The van der Waals surface area contributed by atoms with Gasteiger partial charge in [-0.3, -0.25) is 18.6 Å². The van der Waals surface area contributed by atoms with Crippen molar-refractivity contribution in [1.82, 2.24) is 0 Å². The first kappa shape index (κ1) is 88.9. The van der Waals surface area contributed by atoms with E-state index in [1.54, 1.807) is 0 Å². The van der Waals surface area contributed by atoms with Gasteiger partial charge < -0.3 is 20.1 Å². The summed E-state index contributed by atoms with van der Waals surface area (Å²) in [5, 5.41) is 0. The van der Waals surface area contributed by atoms with Gasteiger partial charge in [0.1, 0.15) is 6.61 Å². The van der Waals surface area contributed by atoms with Gasteiger partial charge in [0.25, 0.3) is 0 Å². The molecule has 0 aliphatic heterocycles. The molecule has 0 aliphatic rings.